The molecule has 0 saturated carbocycles. The lowest BCUT2D eigenvalue weighted by molar-refractivity contribution is 0.102. The van der Waals surface area contributed by atoms with E-state index in [0.717, 1.165) is 22.8 Å². The number of carbonyl (C=O) groups excluding carboxylic acids is 1. The predicted octanol–water partition coefficient (Wildman–Crippen LogP) is 2.69. The Hall–Kier alpha value is -2.30. The minimum atomic E-state index is -0.141. The van der Waals surface area contributed by atoms with E-state index in [1.165, 1.54) is 0 Å². The van der Waals surface area contributed by atoms with Gasteiger partial charge < -0.3 is 10.1 Å². The number of benzene rings is 1. The highest BCUT2D eigenvalue weighted by Crippen LogP contribution is 2.18. The largest absolute Gasteiger partial charge is 0.494 e. The molecule has 1 N–H and O–H groups in total. The Labute approximate surface area is 118 Å². The zero-order valence-corrected chi connectivity index (χ0v) is 12.2. The summed E-state index contributed by atoms with van der Waals surface area (Å²) in [7, 11) is 1.83. The number of hydrogen-bond acceptors (Lipinski definition) is 3. The molecule has 0 spiro atoms. The number of carbonyl (C=O) groups is 1. The van der Waals surface area contributed by atoms with Gasteiger partial charge >= 0.3 is 0 Å². The van der Waals surface area contributed by atoms with Crippen molar-refractivity contribution < 1.29 is 9.53 Å². The molecule has 1 amide bonds. The van der Waals surface area contributed by atoms with Crippen molar-refractivity contribution in [3.05, 3.63) is 41.2 Å². The molecule has 1 aromatic carbocycles. The van der Waals surface area contributed by atoms with Gasteiger partial charge in [-0.25, -0.2) is 0 Å². The Morgan fingerprint density at radius 1 is 1.30 bits per heavy atom. The van der Waals surface area contributed by atoms with Crippen LogP contribution in [0.1, 0.15) is 28.7 Å². The average Bonchev–Trinajstić information content (AvgIpc) is 2.66. The molecule has 20 heavy (non-hydrogen) atoms. The Bertz CT molecular complexity index is 615. The lowest BCUT2D eigenvalue weighted by Crippen LogP contribution is -2.14. The molecule has 5 nitrogen and oxygen atoms in total. The van der Waals surface area contributed by atoms with Crippen LogP contribution in [0.25, 0.3) is 0 Å². The van der Waals surface area contributed by atoms with Gasteiger partial charge in [0, 0.05) is 18.4 Å². The molecule has 0 saturated heterocycles. The minimum Gasteiger partial charge on any atom is -0.494 e. The molecule has 0 radical (unpaired) electrons. The van der Waals surface area contributed by atoms with Crippen LogP contribution in [-0.4, -0.2) is 22.3 Å². The standard InChI is InChI=1S/C15H19N3O2/c1-5-20-13-8-6-12(7-9-13)16-15(19)14-10(2)17-18(4)11(14)3/h6-9H,5H2,1-4H3,(H,16,19). The summed E-state index contributed by atoms with van der Waals surface area (Å²) in [6.45, 7) is 6.27. The summed E-state index contributed by atoms with van der Waals surface area (Å²) in [5, 5.41) is 7.12. The molecule has 0 aliphatic carbocycles. The maximum Gasteiger partial charge on any atom is 0.259 e. The van der Waals surface area contributed by atoms with E-state index in [1.54, 1.807) is 4.68 Å². The van der Waals surface area contributed by atoms with Gasteiger partial charge in [-0.2, -0.15) is 5.10 Å². The van der Waals surface area contributed by atoms with Crippen LogP contribution >= 0.6 is 0 Å². The molecule has 0 bridgehead atoms. The van der Waals surface area contributed by atoms with Crippen molar-refractivity contribution in [2.24, 2.45) is 7.05 Å². The van der Waals surface area contributed by atoms with Crippen molar-refractivity contribution in [1.82, 2.24) is 9.78 Å². The van der Waals surface area contributed by atoms with Crippen LogP contribution in [0.15, 0.2) is 24.3 Å². The summed E-state index contributed by atoms with van der Waals surface area (Å²) in [5.74, 6) is 0.650. The summed E-state index contributed by atoms with van der Waals surface area (Å²) in [4.78, 5) is 12.3. The summed E-state index contributed by atoms with van der Waals surface area (Å²) >= 11 is 0. The zero-order valence-electron chi connectivity index (χ0n) is 12.2. The first-order valence-electron chi connectivity index (χ1n) is 6.57. The molecule has 2 rings (SSSR count). The van der Waals surface area contributed by atoms with E-state index < -0.39 is 0 Å². The quantitative estimate of drug-likeness (QED) is 0.931. The smallest absolute Gasteiger partial charge is 0.259 e. The molecule has 0 aliphatic rings. The van der Waals surface area contributed by atoms with Crippen molar-refractivity contribution in [2.75, 3.05) is 11.9 Å². The van der Waals surface area contributed by atoms with E-state index in [0.29, 0.717) is 12.2 Å². The van der Waals surface area contributed by atoms with Crippen LogP contribution in [0.4, 0.5) is 5.69 Å². The van der Waals surface area contributed by atoms with Gasteiger partial charge in [0.2, 0.25) is 0 Å². The minimum absolute atomic E-state index is 0.141. The predicted molar refractivity (Wildman–Crippen MR) is 78.2 cm³/mol. The second kappa shape index (κ2) is 5.77. The fourth-order valence-corrected chi connectivity index (χ4v) is 2.10. The van der Waals surface area contributed by atoms with Crippen molar-refractivity contribution in [2.45, 2.75) is 20.8 Å². The molecule has 0 unspecified atom stereocenters. The number of aromatic nitrogens is 2. The first-order chi connectivity index (χ1) is 9.52. The third-order valence-electron chi connectivity index (χ3n) is 3.16. The van der Waals surface area contributed by atoms with Crippen molar-refractivity contribution in [3.8, 4) is 5.75 Å². The van der Waals surface area contributed by atoms with E-state index in [-0.39, 0.29) is 5.91 Å². The van der Waals surface area contributed by atoms with E-state index in [1.807, 2.05) is 52.1 Å². The number of hydrogen-bond donors (Lipinski definition) is 1. The van der Waals surface area contributed by atoms with Crippen molar-refractivity contribution >= 4 is 11.6 Å². The molecular weight excluding hydrogens is 254 g/mol. The highest BCUT2D eigenvalue weighted by molar-refractivity contribution is 6.05. The van der Waals surface area contributed by atoms with Gasteiger partial charge in [0.1, 0.15) is 5.75 Å². The number of ether oxygens (including phenoxy) is 1. The number of amides is 1. The molecule has 0 fully saturated rings. The Balaban J connectivity index is 2.15. The SMILES string of the molecule is CCOc1ccc(NC(=O)c2c(C)nn(C)c2C)cc1. The fourth-order valence-electron chi connectivity index (χ4n) is 2.10. The van der Waals surface area contributed by atoms with Gasteiger partial charge in [0.25, 0.3) is 5.91 Å². The van der Waals surface area contributed by atoms with Crippen LogP contribution in [0, 0.1) is 13.8 Å². The van der Waals surface area contributed by atoms with Crippen LogP contribution in [0.5, 0.6) is 5.75 Å². The maximum absolute atomic E-state index is 12.3. The monoisotopic (exact) mass is 273 g/mol. The first kappa shape index (κ1) is 14.1. The van der Waals surface area contributed by atoms with Gasteiger partial charge in [-0.15, -0.1) is 0 Å². The summed E-state index contributed by atoms with van der Waals surface area (Å²) < 4.78 is 7.08. The maximum atomic E-state index is 12.3. The summed E-state index contributed by atoms with van der Waals surface area (Å²) in [5.41, 5.74) is 2.95. The first-order valence-corrected chi connectivity index (χ1v) is 6.57. The van der Waals surface area contributed by atoms with Crippen LogP contribution in [0.2, 0.25) is 0 Å². The van der Waals surface area contributed by atoms with E-state index in [9.17, 15) is 4.79 Å². The number of nitrogens with zero attached hydrogens (tertiary/aromatic N) is 2. The normalized spacial score (nSPS) is 10.4. The van der Waals surface area contributed by atoms with Crippen molar-refractivity contribution in [1.29, 1.82) is 0 Å². The average molecular weight is 273 g/mol. The van der Waals surface area contributed by atoms with Gasteiger partial charge in [-0.05, 0) is 45.0 Å². The van der Waals surface area contributed by atoms with Gasteiger partial charge in [-0.3, -0.25) is 9.48 Å². The summed E-state index contributed by atoms with van der Waals surface area (Å²) in [6, 6.07) is 7.32. The summed E-state index contributed by atoms with van der Waals surface area (Å²) in [6.07, 6.45) is 0. The van der Waals surface area contributed by atoms with Gasteiger partial charge in [-0.1, -0.05) is 0 Å². The van der Waals surface area contributed by atoms with E-state index >= 15 is 0 Å². The lowest BCUT2D eigenvalue weighted by Gasteiger charge is -2.07. The van der Waals surface area contributed by atoms with E-state index in [4.69, 9.17) is 4.74 Å². The Kier molecular flexibility index (Phi) is 4.08. The van der Waals surface area contributed by atoms with Gasteiger partial charge in [0.15, 0.2) is 0 Å². The second-order valence-corrected chi connectivity index (χ2v) is 4.58. The number of nitrogens with one attached hydrogen (secondary N) is 1. The third-order valence-corrected chi connectivity index (χ3v) is 3.16. The number of rotatable bonds is 4. The topological polar surface area (TPSA) is 56.1 Å². The highest BCUT2D eigenvalue weighted by Gasteiger charge is 2.17. The van der Waals surface area contributed by atoms with E-state index in [2.05, 4.69) is 10.4 Å². The molecule has 1 aromatic heterocycles. The molecular formula is C15H19N3O2. The van der Waals surface area contributed by atoms with Crippen molar-refractivity contribution in [3.63, 3.8) is 0 Å². The number of anilines is 1. The van der Waals surface area contributed by atoms with Crippen LogP contribution < -0.4 is 10.1 Å². The molecule has 1 heterocycles. The van der Waals surface area contributed by atoms with Crippen LogP contribution in [0.3, 0.4) is 0 Å². The third kappa shape index (κ3) is 2.82. The number of aryl methyl sites for hydroxylation is 2. The van der Waals surface area contributed by atoms with Gasteiger partial charge in [0.05, 0.1) is 17.9 Å². The Morgan fingerprint density at radius 2 is 1.95 bits per heavy atom. The molecule has 106 valence electrons. The lowest BCUT2D eigenvalue weighted by atomic mass is 10.2. The second-order valence-electron chi connectivity index (χ2n) is 4.58. The fraction of sp³-hybridized carbons (Fsp3) is 0.333. The zero-order chi connectivity index (χ0) is 14.7. The molecule has 0 atom stereocenters. The highest BCUT2D eigenvalue weighted by atomic mass is 16.5. The van der Waals surface area contributed by atoms with Crippen LogP contribution in [-0.2, 0) is 7.05 Å². The molecule has 5 heteroatoms. The molecule has 2 aromatic rings. The molecule has 0 aliphatic heterocycles. The Morgan fingerprint density at radius 3 is 2.45 bits per heavy atom.